The largest absolute Gasteiger partial charge is 0.444 e. The first-order valence-electron chi connectivity index (χ1n) is 5.18. The molecule has 1 aromatic heterocycles. The number of nitrogens with one attached hydrogen (secondary N) is 1. The standard InChI is InChI=1S/C11H16N4O2/c1-7-8(6-12)9(14-15(7)5)13-10(16)17-11(2,3)4/h1-5H3,(H,13,14,16). The number of anilines is 1. The number of rotatable bonds is 1. The average Bonchev–Trinajstić information content (AvgIpc) is 2.39. The summed E-state index contributed by atoms with van der Waals surface area (Å²) in [6.07, 6.45) is -0.618. The smallest absolute Gasteiger partial charge is 0.413 e. The Hall–Kier alpha value is -2.03. The van der Waals surface area contributed by atoms with E-state index in [9.17, 15) is 4.79 Å². The van der Waals surface area contributed by atoms with E-state index in [2.05, 4.69) is 10.4 Å². The highest BCUT2D eigenvalue weighted by Crippen LogP contribution is 2.17. The maximum atomic E-state index is 11.5. The molecule has 1 aromatic rings. The minimum absolute atomic E-state index is 0.224. The summed E-state index contributed by atoms with van der Waals surface area (Å²) in [7, 11) is 1.70. The summed E-state index contributed by atoms with van der Waals surface area (Å²) in [5, 5.41) is 15.5. The van der Waals surface area contributed by atoms with E-state index in [1.165, 1.54) is 4.68 Å². The zero-order chi connectivity index (χ0) is 13.2. The summed E-state index contributed by atoms with van der Waals surface area (Å²) in [5.74, 6) is 0.224. The van der Waals surface area contributed by atoms with Crippen LogP contribution in [-0.2, 0) is 11.8 Å². The van der Waals surface area contributed by atoms with Gasteiger partial charge in [-0.05, 0) is 27.7 Å². The Labute approximate surface area is 100 Å². The number of carbonyl (C=O) groups is 1. The predicted molar refractivity (Wildman–Crippen MR) is 62.5 cm³/mol. The molecule has 0 aliphatic heterocycles. The SMILES string of the molecule is Cc1c(C#N)c(NC(=O)OC(C)(C)C)nn1C. The highest BCUT2D eigenvalue weighted by atomic mass is 16.6. The Morgan fingerprint density at radius 1 is 1.53 bits per heavy atom. The van der Waals surface area contributed by atoms with Crippen molar-refractivity contribution < 1.29 is 9.53 Å². The fraction of sp³-hybridized carbons (Fsp3) is 0.545. The highest BCUT2D eigenvalue weighted by Gasteiger charge is 2.20. The summed E-state index contributed by atoms with van der Waals surface area (Å²) >= 11 is 0. The zero-order valence-electron chi connectivity index (χ0n) is 10.7. The molecule has 1 rings (SSSR count). The molecule has 0 saturated carbocycles. The summed E-state index contributed by atoms with van der Waals surface area (Å²) in [6.45, 7) is 7.05. The molecule has 0 aromatic carbocycles. The van der Waals surface area contributed by atoms with Crippen molar-refractivity contribution in [1.29, 1.82) is 5.26 Å². The summed E-state index contributed by atoms with van der Waals surface area (Å²) in [4.78, 5) is 11.5. The molecule has 0 aliphatic rings. The zero-order valence-corrected chi connectivity index (χ0v) is 10.7. The molecule has 6 heteroatoms. The molecule has 0 bridgehead atoms. The van der Waals surface area contributed by atoms with Gasteiger partial charge in [0.05, 0.1) is 5.69 Å². The van der Waals surface area contributed by atoms with Crippen molar-refractivity contribution in [3.63, 3.8) is 0 Å². The summed E-state index contributed by atoms with van der Waals surface area (Å²) < 4.78 is 6.61. The van der Waals surface area contributed by atoms with Gasteiger partial charge in [0.1, 0.15) is 17.2 Å². The van der Waals surface area contributed by atoms with Gasteiger partial charge < -0.3 is 4.74 Å². The van der Waals surface area contributed by atoms with Crippen LogP contribution in [0.2, 0.25) is 0 Å². The summed E-state index contributed by atoms with van der Waals surface area (Å²) in [6, 6.07) is 2.00. The molecule has 0 aliphatic carbocycles. The number of nitrogens with zero attached hydrogens (tertiary/aromatic N) is 3. The Morgan fingerprint density at radius 2 is 2.12 bits per heavy atom. The molecule has 1 amide bonds. The first kappa shape index (κ1) is 13.0. The second-order valence-electron chi connectivity index (χ2n) is 4.67. The van der Waals surface area contributed by atoms with Gasteiger partial charge in [-0.1, -0.05) is 0 Å². The molecule has 0 saturated heterocycles. The fourth-order valence-electron chi connectivity index (χ4n) is 1.23. The summed E-state index contributed by atoms with van der Waals surface area (Å²) in [5.41, 5.74) is 0.456. The van der Waals surface area contributed by atoms with Crippen LogP contribution in [0, 0.1) is 18.3 Å². The van der Waals surface area contributed by atoms with Crippen LogP contribution in [0.1, 0.15) is 32.0 Å². The van der Waals surface area contributed by atoms with Crippen LogP contribution in [0.25, 0.3) is 0 Å². The van der Waals surface area contributed by atoms with E-state index in [1.807, 2.05) is 6.07 Å². The minimum Gasteiger partial charge on any atom is -0.444 e. The molecule has 1 N–H and O–H groups in total. The third kappa shape index (κ3) is 3.21. The lowest BCUT2D eigenvalue weighted by atomic mass is 10.2. The highest BCUT2D eigenvalue weighted by molar-refractivity contribution is 5.85. The maximum Gasteiger partial charge on any atom is 0.413 e. The first-order chi connectivity index (χ1) is 7.74. The van der Waals surface area contributed by atoms with Gasteiger partial charge in [0.15, 0.2) is 5.82 Å². The van der Waals surface area contributed by atoms with Gasteiger partial charge in [-0.2, -0.15) is 10.4 Å². The fourth-order valence-corrected chi connectivity index (χ4v) is 1.23. The van der Waals surface area contributed by atoms with E-state index in [0.717, 1.165) is 0 Å². The second kappa shape index (κ2) is 4.45. The number of aromatic nitrogens is 2. The number of aryl methyl sites for hydroxylation is 1. The Morgan fingerprint density at radius 3 is 2.59 bits per heavy atom. The Balaban J connectivity index is 2.87. The van der Waals surface area contributed by atoms with E-state index in [-0.39, 0.29) is 5.82 Å². The number of amides is 1. The van der Waals surface area contributed by atoms with E-state index in [1.54, 1.807) is 34.7 Å². The predicted octanol–water partition coefficient (Wildman–Crippen LogP) is 1.95. The van der Waals surface area contributed by atoms with Crippen molar-refractivity contribution in [2.45, 2.75) is 33.3 Å². The van der Waals surface area contributed by atoms with Crippen LogP contribution in [0.3, 0.4) is 0 Å². The Kier molecular flexibility index (Phi) is 3.42. The van der Waals surface area contributed by atoms with Crippen molar-refractivity contribution in [2.75, 3.05) is 5.32 Å². The van der Waals surface area contributed by atoms with Crippen LogP contribution in [0.4, 0.5) is 10.6 Å². The van der Waals surface area contributed by atoms with E-state index in [4.69, 9.17) is 10.00 Å². The molecule has 0 radical (unpaired) electrons. The van der Waals surface area contributed by atoms with Gasteiger partial charge >= 0.3 is 6.09 Å². The van der Waals surface area contributed by atoms with E-state index >= 15 is 0 Å². The lowest BCUT2D eigenvalue weighted by Gasteiger charge is -2.19. The van der Waals surface area contributed by atoms with Crippen LogP contribution in [-0.4, -0.2) is 21.5 Å². The molecule has 1 heterocycles. The molecule has 92 valence electrons. The van der Waals surface area contributed by atoms with Crippen molar-refractivity contribution in [3.05, 3.63) is 11.3 Å². The molecule has 0 fully saturated rings. The lowest BCUT2D eigenvalue weighted by molar-refractivity contribution is 0.0635. The van der Waals surface area contributed by atoms with Gasteiger partial charge in [-0.25, -0.2) is 4.79 Å². The van der Waals surface area contributed by atoms with Crippen molar-refractivity contribution in [2.24, 2.45) is 7.05 Å². The van der Waals surface area contributed by atoms with Crippen LogP contribution >= 0.6 is 0 Å². The maximum absolute atomic E-state index is 11.5. The van der Waals surface area contributed by atoms with Gasteiger partial charge in [0.2, 0.25) is 0 Å². The van der Waals surface area contributed by atoms with Gasteiger partial charge in [-0.3, -0.25) is 10.00 Å². The number of ether oxygens (including phenoxy) is 1. The molecular weight excluding hydrogens is 220 g/mol. The third-order valence-electron chi connectivity index (χ3n) is 2.07. The quantitative estimate of drug-likeness (QED) is 0.808. The van der Waals surface area contributed by atoms with Crippen molar-refractivity contribution in [3.8, 4) is 6.07 Å². The van der Waals surface area contributed by atoms with Gasteiger partial charge in [0.25, 0.3) is 0 Å². The number of hydrogen-bond acceptors (Lipinski definition) is 4. The van der Waals surface area contributed by atoms with E-state index < -0.39 is 11.7 Å². The monoisotopic (exact) mass is 236 g/mol. The third-order valence-corrected chi connectivity index (χ3v) is 2.07. The molecule has 0 atom stereocenters. The lowest BCUT2D eigenvalue weighted by Crippen LogP contribution is -2.27. The molecular formula is C11H16N4O2. The molecule has 17 heavy (non-hydrogen) atoms. The van der Waals surface area contributed by atoms with Crippen LogP contribution in [0.5, 0.6) is 0 Å². The molecule has 0 unspecified atom stereocenters. The van der Waals surface area contributed by atoms with Crippen LogP contribution in [0.15, 0.2) is 0 Å². The number of nitriles is 1. The van der Waals surface area contributed by atoms with Crippen molar-refractivity contribution in [1.82, 2.24) is 9.78 Å². The van der Waals surface area contributed by atoms with Crippen LogP contribution < -0.4 is 5.32 Å². The number of hydrogen-bond donors (Lipinski definition) is 1. The first-order valence-corrected chi connectivity index (χ1v) is 5.18. The molecule has 6 nitrogen and oxygen atoms in total. The average molecular weight is 236 g/mol. The van der Waals surface area contributed by atoms with Gasteiger partial charge in [0, 0.05) is 7.05 Å². The Bertz CT molecular complexity index is 477. The minimum atomic E-state index is -0.618. The topological polar surface area (TPSA) is 79.9 Å². The van der Waals surface area contributed by atoms with E-state index in [0.29, 0.717) is 11.3 Å². The normalized spacial score (nSPS) is 10.8. The molecule has 0 spiro atoms. The number of carbonyl (C=O) groups excluding carboxylic acids is 1. The van der Waals surface area contributed by atoms with Gasteiger partial charge in [-0.15, -0.1) is 0 Å². The second-order valence-corrected chi connectivity index (χ2v) is 4.67. The van der Waals surface area contributed by atoms with Crippen molar-refractivity contribution >= 4 is 11.9 Å².